The van der Waals surface area contributed by atoms with Crippen LogP contribution in [0.4, 0.5) is 0 Å². The number of carbonyl (C=O) groups is 1. The normalized spacial score (nSPS) is 10.0. The van der Waals surface area contributed by atoms with E-state index in [0.29, 0.717) is 12.2 Å². The highest BCUT2D eigenvalue weighted by molar-refractivity contribution is 5.99. The molecule has 1 heterocycles. The van der Waals surface area contributed by atoms with Crippen LogP contribution in [-0.4, -0.2) is 34.7 Å². The summed E-state index contributed by atoms with van der Waals surface area (Å²) in [7, 11) is 1.00. The molecule has 0 bridgehead atoms. The van der Waals surface area contributed by atoms with Crippen LogP contribution >= 0.6 is 0 Å². The van der Waals surface area contributed by atoms with Gasteiger partial charge >= 0.3 is 0 Å². The predicted octanol–water partition coefficient (Wildman–Crippen LogP) is 6.60. The number of benzene rings is 2. The molecule has 0 atom stereocenters. The Bertz CT molecular complexity index is 1050. The van der Waals surface area contributed by atoms with Crippen molar-refractivity contribution < 1.29 is 15.0 Å². The van der Waals surface area contributed by atoms with Gasteiger partial charge in [0.2, 0.25) is 0 Å². The molecule has 0 saturated heterocycles. The zero-order valence-corrected chi connectivity index (χ0v) is 20.3. The number of aliphatic hydroxyl groups excluding tert-OH is 2. The van der Waals surface area contributed by atoms with Crippen LogP contribution in [0.1, 0.15) is 54.4 Å². The van der Waals surface area contributed by atoms with Gasteiger partial charge in [0.1, 0.15) is 0 Å². The number of allylic oxidation sites excluding steroid dienone is 1. The third kappa shape index (κ3) is 7.94. The summed E-state index contributed by atoms with van der Waals surface area (Å²) in [5.41, 5.74) is 7.53. The van der Waals surface area contributed by atoms with E-state index in [0.717, 1.165) is 41.6 Å². The van der Waals surface area contributed by atoms with E-state index in [-0.39, 0.29) is 5.78 Å². The van der Waals surface area contributed by atoms with Crippen LogP contribution < -0.4 is 0 Å². The molecule has 3 aromatic rings. The molecule has 4 nitrogen and oxygen atoms in total. The monoisotopic (exact) mass is 445 g/mol. The van der Waals surface area contributed by atoms with E-state index < -0.39 is 0 Å². The van der Waals surface area contributed by atoms with Crippen molar-refractivity contribution >= 4 is 17.9 Å². The highest BCUT2D eigenvalue weighted by Gasteiger charge is 2.13. The third-order valence-electron chi connectivity index (χ3n) is 4.79. The number of aliphatic hydroxyl groups is 2. The molecule has 33 heavy (non-hydrogen) atoms. The number of aryl methyl sites for hydroxylation is 1. The molecule has 1 aromatic heterocycles. The lowest BCUT2D eigenvalue weighted by molar-refractivity contribution is 0.101. The van der Waals surface area contributed by atoms with Crippen molar-refractivity contribution in [3.8, 4) is 22.4 Å². The average molecular weight is 446 g/mol. The molecule has 2 aromatic carbocycles. The highest BCUT2D eigenvalue weighted by Crippen LogP contribution is 2.27. The number of ketones is 1. The summed E-state index contributed by atoms with van der Waals surface area (Å²) >= 11 is 0. The Morgan fingerprint density at radius 2 is 1.48 bits per heavy atom. The molecule has 0 aliphatic carbocycles. The number of hydrogen-bond donors (Lipinski definition) is 2. The van der Waals surface area contributed by atoms with Crippen LogP contribution in [0.3, 0.4) is 0 Å². The lowest BCUT2D eigenvalue weighted by Gasteiger charge is -2.11. The summed E-state index contributed by atoms with van der Waals surface area (Å²) in [6, 6.07) is 18.6. The molecule has 2 N–H and O–H groups in total. The van der Waals surface area contributed by atoms with Crippen LogP contribution in [0.15, 0.2) is 67.3 Å². The Balaban J connectivity index is 0.000000820. The standard InChI is InChI=1S/C25H23NO.C3H8O.CH4O/c1-5-7-24-22(6-2)23(18(4)27)16-25(26-24)21-14-12-20(13-15-21)19-10-8-17(3)9-11-19;1-2-3-4;1-2/h5-16H,2H2,1,3-4H3;4H,2-3H2,1H3;2H,1H3/b7-5-;;. The van der Waals surface area contributed by atoms with Crippen molar-refractivity contribution in [3.05, 3.63) is 89.6 Å². The van der Waals surface area contributed by atoms with Crippen molar-refractivity contribution in [2.45, 2.75) is 34.1 Å². The van der Waals surface area contributed by atoms with E-state index in [1.54, 1.807) is 13.0 Å². The van der Waals surface area contributed by atoms with Crippen LogP contribution in [0.25, 0.3) is 34.5 Å². The van der Waals surface area contributed by atoms with Gasteiger partial charge in [-0.2, -0.15) is 0 Å². The van der Waals surface area contributed by atoms with Crippen LogP contribution in [-0.2, 0) is 0 Å². The smallest absolute Gasteiger partial charge is 0.160 e. The third-order valence-corrected chi connectivity index (χ3v) is 4.79. The number of hydrogen-bond acceptors (Lipinski definition) is 4. The maximum Gasteiger partial charge on any atom is 0.160 e. The minimum Gasteiger partial charge on any atom is -0.400 e. The summed E-state index contributed by atoms with van der Waals surface area (Å²) in [5.74, 6) is 0.00979. The first-order valence-electron chi connectivity index (χ1n) is 11.0. The number of nitrogens with zero attached hydrogens (tertiary/aromatic N) is 1. The summed E-state index contributed by atoms with van der Waals surface area (Å²) in [6.07, 6.45) is 6.40. The van der Waals surface area contributed by atoms with Gasteiger partial charge in [0.05, 0.1) is 11.4 Å². The average Bonchev–Trinajstić information content (AvgIpc) is 2.85. The molecule has 0 aliphatic rings. The predicted molar refractivity (Wildman–Crippen MR) is 140 cm³/mol. The summed E-state index contributed by atoms with van der Waals surface area (Å²) < 4.78 is 0. The van der Waals surface area contributed by atoms with Crippen LogP contribution in [0, 0.1) is 6.92 Å². The minimum atomic E-state index is 0.00979. The van der Waals surface area contributed by atoms with Crippen molar-refractivity contribution in [2.24, 2.45) is 0 Å². The van der Waals surface area contributed by atoms with Gasteiger partial charge in [0, 0.05) is 30.4 Å². The molecule has 0 amide bonds. The number of carbonyl (C=O) groups excluding carboxylic acids is 1. The lowest BCUT2D eigenvalue weighted by Crippen LogP contribution is -2.02. The Kier molecular flexibility index (Phi) is 12.3. The molecule has 0 unspecified atom stereocenters. The first kappa shape index (κ1) is 27.7. The van der Waals surface area contributed by atoms with Crippen LogP contribution in [0.5, 0.6) is 0 Å². The van der Waals surface area contributed by atoms with Gasteiger partial charge in [-0.25, -0.2) is 4.98 Å². The molecule has 3 rings (SSSR count). The number of rotatable bonds is 6. The molecular formula is C29H35NO3. The number of pyridine rings is 1. The Labute approximate surface area is 198 Å². The second-order valence-electron chi connectivity index (χ2n) is 7.28. The second kappa shape index (κ2) is 14.7. The minimum absolute atomic E-state index is 0.00979. The highest BCUT2D eigenvalue weighted by atomic mass is 16.3. The van der Waals surface area contributed by atoms with Gasteiger partial charge < -0.3 is 10.2 Å². The molecule has 0 saturated carbocycles. The van der Waals surface area contributed by atoms with Gasteiger partial charge in [-0.05, 0) is 50.5 Å². The first-order valence-corrected chi connectivity index (χ1v) is 11.0. The molecule has 4 heteroatoms. The molecule has 0 aliphatic heterocycles. The van der Waals surface area contributed by atoms with Gasteiger partial charge in [-0.3, -0.25) is 4.79 Å². The fourth-order valence-electron chi connectivity index (χ4n) is 3.09. The molecular weight excluding hydrogens is 410 g/mol. The Morgan fingerprint density at radius 1 is 1.00 bits per heavy atom. The zero-order chi connectivity index (χ0) is 24.8. The largest absolute Gasteiger partial charge is 0.400 e. The maximum absolute atomic E-state index is 12.1. The van der Waals surface area contributed by atoms with Gasteiger partial charge in [0.15, 0.2) is 5.78 Å². The quantitative estimate of drug-likeness (QED) is 0.419. The topological polar surface area (TPSA) is 70.4 Å². The molecule has 174 valence electrons. The van der Waals surface area contributed by atoms with Crippen molar-refractivity contribution in [2.75, 3.05) is 13.7 Å². The first-order chi connectivity index (χ1) is 15.9. The van der Waals surface area contributed by atoms with E-state index >= 15 is 0 Å². The van der Waals surface area contributed by atoms with E-state index in [4.69, 9.17) is 15.2 Å². The van der Waals surface area contributed by atoms with Crippen molar-refractivity contribution in [1.82, 2.24) is 4.98 Å². The SMILES string of the molecule is C=Cc1c(C(C)=O)cc(-c2ccc(-c3ccc(C)cc3)cc2)nc1/C=C\C.CCCO.CO. The molecule has 0 spiro atoms. The van der Waals surface area contributed by atoms with Gasteiger partial charge in [-0.1, -0.05) is 79.7 Å². The van der Waals surface area contributed by atoms with Gasteiger partial charge in [0.25, 0.3) is 0 Å². The van der Waals surface area contributed by atoms with E-state index in [2.05, 4.69) is 62.0 Å². The van der Waals surface area contributed by atoms with Crippen LogP contribution in [0.2, 0.25) is 0 Å². The van der Waals surface area contributed by atoms with Gasteiger partial charge in [-0.15, -0.1) is 0 Å². The van der Waals surface area contributed by atoms with E-state index in [9.17, 15) is 4.79 Å². The van der Waals surface area contributed by atoms with Crippen molar-refractivity contribution in [1.29, 1.82) is 0 Å². The summed E-state index contributed by atoms with van der Waals surface area (Å²) in [5, 5.41) is 14.9. The fraction of sp³-hybridized carbons (Fsp3) is 0.241. The number of aromatic nitrogens is 1. The zero-order valence-electron chi connectivity index (χ0n) is 20.3. The Morgan fingerprint density at radius 3 is 1.91 bits per heavy atom. The Hall–Kier alpha value is -3.34. The second-order valence-corrected chi connectivity index (χ2v) is 7.28. The molecule has 0 fully saturated rings. The maximum atomic E-state index is 12.1. The lowest BCUT2D eigenvalue weighted by atomic mass is 9.97. The fourth-order valence-corrected chi connectivity index (χ4v) is 3.09. The molecule has 0 radical (unpaired) electrons. The van der Waals surface area contributed by atoms with E-state index in [1.165, 1.54) is 11.1 Å². The summed E-state index contributed by atoms with van der Waals surface area (Å²) in [6.45, 7) is 11.7. The van der Waals surface area contributed by atoms with E-state index in [1.807, 2.05) is 32.1 Å². The summed E-state index contributed by atoms with van der Waals surface area (Å²) in [4.78, 5) is 16.9. The van der Waals surface area contributed by atoms with Crippen molar-refractivity contribution in [3.63, 3.8) is 0 Å². The number of Topliss-reactive ketones (excluding diaryl/α,β-unsaturated/α-hetero) is 1.